The van der Waals surface area contributed by atoms with Gasteiger partial charge in [-0.05, 0) is 18.6 Å². The summed E-state index contributed by atoms with van der Waals surface area (Å²) in [6.45, 7) is 2.65. The number of aromatic nitrogens is 1. The van der Waals surface area contributed by atoms with Crippen molar-refractivity contribution in [3.8, 4) is 5.75 Å². The van der Waals surface area contributed by atoms with Crippen LogP contribution in [0, 0.1) is 0 Å². The number of unbranched alkanes of at least 4 members (excludes halogenated alkanes) is 3. The summed E-state index contributed by atoms with van der Waals surface area (Å²) >= 11 is 0. The summed E-state index contributed by atoms with van der Waals surface area (Å²) in [5.74, 6) is -0.162. The van der Waals surface area contributed by atoms with Crippen molar-refractivity contribution in [2.45, 2.75) is 37.6 Å². The lowest BCUT2D eigenvalue weighted by Crippen LogP contribution is -2.31. The molecule has 1 amide bonds. The van der Waals surface area contributed by atoms with Gasteiger partial charge >= 0.3 is 6.09 Å². The van der Waals surface area contributed by atoms with Gasteiger partial charge in [-0.15, -0.1) is 0 Å². The molecule has 1 heterocycles. The van der Waals surface area contributed by atoms with Gasteiger partial charge in [-0.1, -0.05) is 26.2 Å². The van der Waals surface area contributed by atoms with Gasteiger partial charge in [0.25, 0.3) is 10.0 Å². The predicted molar refractivity (Wildman–Crippen MR) is 78.4 cm³/mol. The number of sulfonamides is 1. The molecule has 0 spiro atoms. The summed E-state index contributed by atoms with van der Waals surface area (Å²) in [5.41, 5.74) is 0. The summed E-state index contributed by atoms with van der Waals surface area (Å²) < 4.78 is 27.8. The van der Waals surface area contributed by atoms with Crippen LogP contribution in [0.4, 0.5) is 4.79 Å². The monoisotopic (exact) mass is 315 g/mol. The molecular formula is C13H21N3O4S. The maximum atomic E-state index is 11.9. The molecule has 1 aromatic heterocycles. The number of nitrogens with zero attached hydrogens (tertiary/aromatic N) is 2. The lowest BCUT2D eigenvalue weighted by atomic mass is 10.2. The van der Waals surface area contributed by atoms with E-state index in [2.05, 4.69) is 11.9 Å². The molecule has 0 saturated heterocycles. The number of nitrogens with two attached hydrogens (primary N) is 1. The van der Waals surface area contributed by atoms with E-state index in [4.69, 9.17) is 9.88 Å². The van der Waals surface area contributed by atoms with E-state index in [1.807, 2.05) is 0 Å². The average molecular weight is 315 g/mol. The second-order valence-corrected chi connectivity index (χ2v) is 6.18. The molecule has 0 aliphatic heterocycles. The molecule has 21 heavy (non-hydrogen) atoms. The fraction of sp³-hybridized carbons (Fsp3) is 0.538. The Balaban J connectivity index is 2.67. The molecule has 0 unspecified atom stereocenters. The van der Waals surface area contributed by atoms with Gasteiger partial charge in [-0.2, -0.15) is 0 Å². The van der Waals surface area contributed by atoms with Crippen molar-refractivity contribution in [1.29, 1.82) is 0 Å². The molecule has 7 nitrogen and oxygen atoms in total. The summed E-state index contributed by atoms with van der Waals surface area (Å²) in [4.78, 5) is 16.9. The number of carbonyl (C=O) groups is 1. The zero-order chi connectivity index (χ0) is 15.9. The Labute approximate surface area is 125 Å². The van der Waals surface area contributed by atoms with Gasteiger partial charge in [0, 0.05) is 19.8 Å². The molecule has 0 radical (unpaired) electrons. The Kier molecular flexibility index (Phi) is 6.57. The van der Waals surface area contributed by atoms with Gasteiger partial charge in [0.15, 0.2) is 5.75 Å². The Bertz CT molecular complexity index is 575. The van der Waals surface area contributed by atoms with Crippen molar-refractivity contribution in [2.75, 3.05) is 13.6 Å². The van der Waals surface area contributed by atoms with E-state index in [1.54, 1.807) is 7.05 Å². The highest BCUT2D eigenvalue weighted by molar-refractivity contribution is 7.89. The zero-order valence-corrected chi connectivity index (χ0v) is 13.1. The Morgan fingerprint density at radius 1 is 1.38 bits per heavy atom. The molecule has 0 aromatic carbocycles. The summed E-state index contributed by atoms with van der Waals surface area (Å²) in [5, 5.41) is 4.58. The highest BCUT2D eigenvalue weighted by Gasteiger charge is 2.20. The first kappa shape index (κ1) is 17.4. The standard InChI is InChI=1S/C13H21N3O4S/c1-3-4-5-6-10-16(2)13(17)20-11-8-7-9-15-12(11)21(14,18)19/h7-9H,3-6,10H2,1-2H3,(H2,14,18,19). The van der Waals surface area contributed by atoms with Gasteiger partial charge < -0.3 is 9.64 Å². The van der Waals surface area contributed by atoms with Gasteiger partial charge in [0.1, 0.15) is 0 Å². The van der Waals surface area contributed by atoms with Crippen LogP contribution in [0.15, 0.2) is 23.4 Å². The maximum Gasteiger partial charge on any atom is 0.415 e. The summed E-state index contributed by atoms with van der Waals surface area (Å²) in [6, 6.07) is 2.81. The van der Waals surface area contributed by atoms with Crippen LogP contribution in [0.3, 0.4) is 0 Å². The molecule has 0 fully saturated rings. The third-order valence-corrected chi connectivity index (χ3v) is 3.71. The topological polar surface area (TPSA) is 103 Å². The molecule has 2 N–H and O–H groups in total. The second-order valence-electron chi connectivity index (χ2n) is 4.70. The van der Waals surface area contributed by atoms with Crippen LogP contribution in [0.2, 0.25) is 0 Å². The molecule has 118 valence electrons. The third-order valence-electron chi connectivity index (χ3n) is 2.86. The van der Waals surface area contributed by atoms with Crippen molar-refractivity contribution < 1.29 is 17.9 Å². The third kappa shape index (κ3) is 5.68. The highest BCUT2D eigenvalue weighted by Crippen LogP contribution is 2.20. The van der Waals surface area contributed by atoms with Gasteiger partial charge in [-0.3, -0.25) is 0 Å². The van der Waals surface area contributed by atoms with Crippen LogP contribution < -0.4 is 9.88 Å². The summed E-state index contributed by atoms with van der Waals surface area (Å²) in [7, 11) is -2.44. The Morgan fingerprint density at radius 2 is 2.10 bits per heavy atom. The minimum Gasteiger partial charge on any atom is -0.407 e. The molecule has 0 bridgehead atoms. The number of rotatable bonds is 7. The molecule has 1 aromatic rings. The van der Waals surface area contributed by atoms with Gasteiger partial charge in [-0.25, -0.2) is 23.3 Å². The Hall–Kier alpha value is -1.67. The average Bonchev–Trinajstić information content (AvgIpc) is 2.42. The van der Waals surface area contributed by atoms with E-state index in [0.29, 0.717) is 6.54 Å². The van der Waals surface area contributed by atoms with E-state index in [0.717, 1.165) is 25.7 Å². The van der Waals surface area contributed by atoms with E-state index in [-0.39, 0.29) is 5.75 Å². The van der Waals surface area contributed by atoms with Crippen molar-refractivity contribution >= 4 is 16.1 Å². The number of hydrogen-bond donors (Lipinski definition) is 1. The number of carbonyl (C=O) groups excluding carboxylic acids is 1. The van der Waals surface area contributed by atoms with Gasteiger partial charge in [0.05, 0.1) is 0 Å². The van der Waals surface area contributed by atoms with Crippen molar-refractivity contribution in [3.05, 3.63) is 18.3 Å². The van der Waals surface area contributed by atoms with E-state index >= 15 is 0 Å². The number of primary sulfonamides is 1. The largest absolute Gasteiger partial charge is 0.415 e. The van der Waals surface area contributed by atoms with E-state index in [1.165, 1.54) is 23.2 Å². The van der Waals surface area contributed by atoms with Crippen molar-refractivity contribution in [2.24, 2.45) is 5.14 Å². The fourth-order valence-corrected chi connectivity index (χ4v) is 2.30. The van der Waals surface area contributed by atoms with Crippen LogP contribution in [0.1, 0.15) is 32.6 Å². The molecule has 1 rings (SSSR count). The Morgan fingerprint density at radius 3 is 2.71 bits per heavy atom. The lowest BCUT2D eigenvalue weighted by Gasteiger charge is -2.17. The first-order chi connectivity index (χ1) is 9.86. The maximum absolute atomic E-state index is 11.9. The van der Waals surface area contributed by atoms with E-state index < -0.39 is 21.1 Å². The zero-order valence-electron chi connectivity index (χ0n) is 12.3. The van der Waals surface area contributed by atoms with Crippen molar-refractivity contribution in [3.63, 3.8) is 0 Å². The number of pyridine rings is 1. The number of ether oxygens (including phenoxy) is 1. The first-order valence-corrected chi connectivity index (χ1v) is 8.31. The highest BCUT2D eigenvalue weighted by atomic mass is 32.2. The van der Waals surface area contributed by atoms with Crippen LogP contribution in [0.5, 0.6) is 5.75 Å². The molecule has 0 aliphatic carbocycles. The SMILES string of the molecule is CCCCCCN(C)C(=O)Oc1cccnc1S(N)(=O)=O. The number of hydrogen-bond acceptors (Lipinski definition) is 5. The van der Waals surface area contributed by atoms with Gasteiger partial charge in [0.2, 0.25) is 5.03 Å². The number of amides is 1. The predicted octanol–water partition coefficient (Wildman–Crippen LogP) is 1.74. The van der Waals surface area contributed by atoms with Crippen LogP contribution >= 0.6 is 0 Å². The lowest BCUT2D eigenvalue weighted by molar-refractivity contribution is 0.160. The first-order valence-electron chi connectivity index (χ1n) is 6.77. The van der Waals surface area contributed by atoms with E-state index in [9.17, 15) is 13.2 Å². The summed E-state index contributed by atoms with van der Waals surface area (Å²) in [6.07, 6.45) is 4.76. The van der Waals surface area contributed by atoms with Crippen molar-refractivity contribution in [1.82, 2.24) is 9.88 Å². The minimum atomic E-state index is -4.04. The second kappa shape index (κ2) is 7.94. The molecule has 0 atom stereocenters. The fourth-order valence-electron chi connectivity index (χ4n) is 1.71. The molecule has 0 aliphatic rings. The minimum absolute atomic E-state index is 0.162. The smallest absolute Gasteiger partial charge is 0.407 e. The van der Waals surface area contributed by atoms with Crippen LogP contribution in [-0.4, -0.2) is 38.0 Å². The van der Waals surface area contributed by atoms with Crippen LogP contribution in [-0.2, 0) is 10.0 Å². The molecular weight excluding hydrogens is 294 g/mol. The quantitative estimate of drug-likeness (QED) is 0.772. The molecule has 0 saturated carbocycles. The molecule has 8 heteroatoms. The normalized spacial score (nSPS) is 11.2. The van der Waals surface area contributed by atoms with Crippen LogP contribution in [0.25, 0.3) is 0 Å².